The lowest BCUT2D eigenvalue weighted by Crippen LogP contribution is -2.39. The lowest BCUT2D eigenvalue weighted by atomic mass is 10.0. The normalized spacial score (nSPS) is 21.6. The molecule has 0 aliphatic heterocycles. The fraction of sp³-hybridized carbons (Fsp3) is 0.235. The first-order valence-corrected chi connectivity index (χ1v) is 7.03. The molecule has 1 unspecified atom stereocenters. The minimum Gasteiger partial charge on any atom is -0.390 e. The van der Waals surface area contributed by atoms with Crippen LogP contribution in [-0.2, 0) is 11.2 Å². The number of nitrogens with two attached hydrogens (primary N) is 1. The van der Waals surface area contributed by atoms with Crippen LogP contribution in [-0.4, -0.2) is 17.1 Å². The van der Waals surface area contributed by atoms with Gasteiger partial charge in [-0.2, -0.15) is 0 Å². The predicted molar refractivity (Wildman–Crippen MR) is 80.4 cm³/mol. The molecule has 108 valence electrons. The minimum atomic E-state index is -0.730. The van der Waals surface area contributed by atoms with Crippen LogP contribution >= 0.6 is 0 Å². The molecular formula is C17H18N2O2. The number of amides is 1. The zero-order valence-electron chi connectivity index (χ0n) is 11.6. The Morgan fingerprint density at radius 1 is 1.14 bits per heavy atom. The van der Waals surface area contributed by atoms with Gasteiger partial charge in [0.05, 0.1) is 12.1 Å². The van der Waals surface area contributed by atoms with Crippen molar-refractivity contribution >= 4 is 5.91 Å². The zero-order valence-corrected chi connectivity index (χ0v) is 11.6. The molecule has 0 spiro atoms. The topological polar surface area (TPSA) is 75.4 Å². The van der Waals surface area contributed by atoms with Crippen LogP contribution in [0.15, 0.2) is 54.6 Å². The first-order valence-electron chi connectivity index (χ1n) is 7.03. The molecule has 2 aromatic rings. The number of carbonyl (C=O) groups is 1. The largest absolute Gasteiger partial charge is 0.390 e. The maximum absolute atomic E-state index is 12.3. The number of fused-ring (bicyclic) bond motifs is 1. The average Bonchev–Trinajstić information content (AvgIpc) is 2.83. The molecular weight excluding hydrogens is 264 g/mol. The second kappa shape index (κ2) is 5.68. The summed E-state index contributed by atoms with van der Waals surface area (Å²) in [4.78, 5) is 12.3. The maximum Gasteiger partial charge on any atom is 0.242 e. The summed E-state index contributed by atoms with van der Waals surface area (Å²) in [6.45, 7) is 0. The van der Waals surface area contributed by atoms with Gasteiger partial charge in [0.2, 0.25) is 5.91 Å². The summed E-state index contributed by atoms with van der Waals surface area (Å²) in [6, 6.07) is 15.9. The fourth-order valence-electron chi connectivity index (χ4n) is 2.80. The molecule has 1 aliphatic carbocycles. The van der Waals surface area contributed by atoms with Crippen molar-refractivity contribution in [2.45, 2.75) is 24.6 Å². The van der Waals surface area contributed by atoms with Crippen molar-refractivity contribution < 1.29 is 9.90 Å². The number of hydrogen-bond donors (Lipinski definition) is 3. The van der Waals surface area contributed by atoms with Crippen LogP contribution in [0.3, 0.4) is 0 Å². The van der Waals surface area contributed by atoms with Gasteiger partial charge in [-0.25, -0.2) is 0 Å². The molecule has 3 rings (SSSR count). The van der Waals surface area contributed by atoms with E-state index in [9.17, 15) is 9.90 Å². The molecule has 0 heterocycles. The van der Waals surface area contributed by atoms with E-state index in [0.717, 1.165) is 16.7 Å². The van der Waals surface area contributed by atoms with Gasteiger partial charge in [-0.1, -0.05) is 54.6 Å². The smallest absolute Gasteiger partial charge is 0.242 e. The Kier molecular flexibility index (Phi) is 3.73. The van der Waals surface area contributed by atoms with Crippen LogP contribution in [0.2, 0.25) is 0 Å². The SMILES string of the molecule is NC(C(=O)N[C@H]1c2ccccc2C[C@H]1O)c1ccccc1. The Morgan fingerprint density at radius 3 is 2.57 bits per heavy atom. The summed E-state index contributed by atoms with van der Waals surface area (Å²) in [5.74, 6) is -0.276. The van der Waals surface area contributed by atoms with E-state index in [1.54, 1.807) is 0 Å². The number of aliphatic hydroxyl groups excluding tert-OH is 1. The highest BCUT2D eigenvalue weighted by Gasteiger charge is 2.33. The summed E-state index contributed by atoms with van der Waals surface area (Å²) in [5.41, 5.74) is 8.79. The number of rotatable bonds is 3. The van der Waals surface area contributed by atoms with Crippen molar-refractivity contribution in [3.8, 4) is 0 Å². The minimum absolute atomic E-state index is 0.276. The van der Waals surface area contributed by atoms with E-state index in [4.69, 9.17) is 5.73 Å². The lowest BCUT2D eigenvalue weighted by Gasteiger charge is -2.20. The quantitative estimate of drug-likeness (QED) is 0.798. The average molecular weight is 282 g/mol. The van der Waals surface area contributed by atoms with Crippen LogP contribution in [0.5, 0.6) is 0 Å². The van der Waals surface area contributed by atoms with Gasteiger partial charge in [0.25, 0.3) is 0 Å². The Balaban J connectivity index is 1.76. The molecule has 3 atom stereocenters. The molecule has 2 aromatic carbocycles. The summed E-state index contributed by atoms with van der Waals surface area (Å²) in [7, 11) is 0. The molecule has 4 nitrogen and oxygen atoms in total. The number of benzene rings is 2. The van der Waals surface area contributed by atoms with E-state index < -0.39 is 12.1 Å². The van der Waals surface area contributed by atoms with Gasteiger partial charge in [0.15, 0.2) is 0 Å². The third kappa shape index (κ3) is 2.68. The first-order chi connectivity index (χ1) is 10.2. The zero-order chi connectivity index (χ0) is 14.8. The molecule has 4 heteroatoms. The Hall–Kier alpha value is -2.17. The molecule has 1 amide bonds. The van der Waals surface area contributed by atoms with Crippen LogP contribution in [0.4, 0.5) is 0 Å². The van der Waals surface area contributed by atoms with E-state index in [0.29, 0.717) is 6.42 Å². The molecule has 0 aromatic heterocycles. The van der Waals surface area contributed by atoms with Gasteiger partial charge in [-0.05, 0) is 16.7 Å². The standard InChI is InChI=1S/C17H18N2O2/c18-15(11-6-2-1-3-7-11)17(21)19-16-13-9-5-4-8-12(13)10-14(16)20/h1-9,14-16,20H,10,18H2,(H,19,21)/t14-,15?,16+/m1/s1. The van der Waals surface area contributed by atoms with Crippen LogP contribution in [0.1, 0.15) is 28.8 Å². The summed E-state index contributed by atoms with van der Waals surface area (Å²) in [5, 5.41) is 13.0. The van der Waals surface area contributed by atoms with Gasteiger partial charge in [-0.15, -0.1) is 0 Å². The van der Waals surface area contributed by atoms with E-state index in [1.807, 2.05) is 54.6 Å². The van der Waals surface area contributed by atoms with E-state index >= 15 is 0 Å². The van der Waals surface area contributed by atoms with Crippen LogP contribution < -0.4 is 11.1 Å². The van der Waals surface area contributed by atoms with E-state index in [-0.39, 0.29) is 11.9 Å². The van der Waals surface area contributed by atoms with Crippen molar-refractivity contribution in [1.29, 1.82) is 0 Å². The van der Waals surface area contributed by atoms with E-state index in [1.165, 1.54) is 0 Å². The highest BCUT2D eigenvalue weighted by Crippen LogP contribution is 2.31. The molecule has 4 N–H and O–H groups in total. The summed E-state index contributed by atoms with van der Waals surface area (Å²) >= 11 is 0. The van der Waals surface area contributed by atoms with Gasteiger partial charge in [-0.3, -0.25) is 4.79 Å². The number of hydrogen-bond acceptors (Lipinski definition) is 3. The van der Waals surface area contributed by atoms with Gasteiger partial charge >= 0.3 is 0 Å². The molecule has 1 aliphatic rings. The predicted octanol–water partition coefficient (Wildman–Crippen LogP) is 1.46. The highest BCUT2D eigenvalue weighted by molar-refractivity contribution is 5.83. The fourth-order valence-corrected chi connectivity index (χ4v) is 2.80. The Labute approximate surface area is 123 Å². The Bertz CT molecular complexity index is 642. The monoisotopic (exact) mass is 282 g/mol. The third-order valence-electron chi connectivity index (χ3n) is 3.94. The third-order valence-corrected chi connectivity index (χ3v) is 3.94. The number of aliphatic hydroxyl groups is 1. The van der Waals surface area contributed by atoms with Crippen LogP contribution in [0, 0.1) is 0 Å². The molecule has 0 fully saturated rings. The van der Waals surface area contributed by atoms with Gasteiger partial charge in [0, 0.05) is 6.42 Å². The van der Waals surface area contributed by atoms with Crippen molar-refractivity contribution in [1.82, 2.24) is 5.32 Å². The Morgan fingerprint density at radius 2 is 1.81 bits per heavy atom. The van der Waals surface area contributed by atoms with Gasteiger partial charge in [0.1, 0.15) is 6.04 Å². The number of carbonyl (C=O) groups excluding carboxylic acids is 1. The van der Waals surface area contributed by atoms with Crippen LogP contribution in [0.25, 0.3) is 0 Å². The molecule has 0 saturated heterocycles. The maximum atomic E-state index is 12.3. The molecule has 0 bridgehead atoms. The second-order valence-corrected chi connectivity index (χ2v) is 5.34. The van der Waals surface area contributed by atoms with Crippen molar-refractivity contribution in [3.05, 3.63) is 71.3 Å². The summed E-state index contributed by atoms with van der Waals surface area (Å²) < 4.78 is 0. The second-order valence-electron chi connectivity index (χ2n) is 5.34. The lowest BCUT2D eigenvalue weighted by molar-refractivity contribution is -0.124. The van der Waals surface area contributed by atoms with E-state index in [2.05, 4.69) is 5.32 Å². The van der Waals surface area contributed by atoms with Crippen molar-refractivity contribution in [2.24, 2.45) is 5.73 Å². The molecule has 0 radical (unpaired) electrons. The summed E-state index contributed by atoms with van der Waals surface area (Å²) in [6.07, 6.45) is -0.0452. The van der Waals surface area contributed by atoms with Crippen molar-refractivity contribution in [3.63, 3.8) is 0 Å². The highest BCUT2D eigenvalue weighted by atomic mass is 16.3. The van der Waals surface area contributed by atoms with Crippen molar-refractivity contribution in [2.75, 3.05) is 0 Å². The first kappa shape index (κ1) is 13.8. The molecule has 21 heavy (non-hydrogen) atoms. The molecule has 0 saturated carbocycles. The number of nitrogens with one attached hydrogen (secondary N) is 1. The van der Waals surface area contributed by atoms with Gasteiger partial charge < -0.3 is 16.2 Å².